The second kappa shape index (κ2) is 3.94. The Balaban J connectivity index is 1.37. The Kier molecular flexibility index (Phi) is 2.06. The van der Waals surface area contributed by atoms with E-state index in [-0.39, 0.29) is 5.76 Å². The number of ether oxygens (including phenoxy) is 4. The van der Waals surface area contributed by atoms with Crippen molar-refractivity contribution in [3.8, 4) is 17.4 Å². The van der Waals surface area contributed by atoms with Gasteiger partial charge < -0.3 is 23.4 Å². The number of carbonyl (C=O) groups excluding carboxylic acids is 1. The van der Waals surface area contributed by atoms with Gasteiger partial charge in [0, 0.05) is 6.08 Å². The van der Waals surface area contributed by atoms with Crippen molar-refractivity contribution in [3.63, 3.8) is 0 Å². The van der Waals surface area contributed by atoms with E-state index in [1.54, 1.807) is 30.3 Å². The summed E-state index contributed by atoms with van der Waals surface area (Å²) in [4.78, 5) is 12.0. The Morgan fingerprint density at radius 1 is 1.09 bits per heavy atom. The fourth-order valence-electron chi connectivity index (χ4n) is 2.44. The minimum Gasteiger partial charge on any atom is -0.478 e. The van der Waals surface area contributed by atoms with Crippen molar-refractivity contribution in [2.24, 2.45) is 0 Å². The third-order valence-corrected chi connectivity index (χ3v) is 3.51. The highest BCUT2D eigenvalue weighted by atomic mass is 16.7. The number of carbonyl (C=O) groups is 1. The van der Waals surface area contributed by atoms with Gasteiger partial charge in [0.25, 0.3) is 5.75 Å². The largest absolute Gasteiger partial charge is 0.478 e. The molecule has 1 aromatic heterocycles. The van der Waals surface area contributed by atoms with Gasteiger partial charge in [0.1, 0.15) is 6.26 Å². The summed E-state index contributed by atoms with van der Waals surface area (Å²) >= 11 is 0. The van der Waals surface area contributed by atoms with Crippen LogP contribution in [0.1, 0.15) is 22.2 Å². The third kappa shape index (κ3) is 1.57. The van der Waals surface area contributed by atoms with E-state index in [2.05, 4.69) is 0 Å². The van der Waals surface area contributed by atoms with Gasteiger partial charge >= 0.3 is 11.9 Å². The van der Waals surface area contributed by atoms with E-state index >= 15 is 0 Å². The molecule has 1 aromatic carbocycles. The number of furan rings is 1. The summed E-state index contributed by atoms with van der Waals surface area (Å²) in [5.41, 5.74) is 0.460. The van der Waals surface area contributed by atoms with Gasteiger partial charge in [-0.05, 0) is 12.1 Å². The van der Waals surface area contributed by atoms with Crippen LogP contribution in [0.2, 0.25) is 0 Å². The Hall–Kier alpha value is -3.15. The van der Waals surface area contributed by atoms with Crippen LogP contribution in [-0.4, -0.2) is 5.97 Å². The van der Waals surface area contributed by atoms with Gasteiger partial charge in [-0.15, -0.1) is 0 Å². The van der Waals surface area contributed by atoms with Gasteiger partial charge in [0.15, 0.2) is 11.5 Å². The zero-order chi connectivity index (χ0) is 14.7. The summed E-state index contributed by atoms with van der Waals surface area (Å²) in [6, 6.07) is 8.72. The van der Waals surface area contributed by atoms with Crippen LogP contribution in [-0.2, 0) is 9.47 Å². The summed E-state index contributed by atoms with van der Waals surface area (Å²) < 4.78 is 26.9. The Morgan fingerprint density at radius 2 is 1.95 bits per heavy atom. The van der Waals surface area contributed by atoms with Crippen LogP contribution in [0.3, 0.4) is 0 Å². The van der Waals surface area contributed by atoms with Gasteiger partial charge in [-0.25, -0.2) is 4.79 Å². The maximum Gasteiger partial charge on any atom is 0.343 e. The van der Waals surface area contributed by atoms with Crippen LogP contribution < -0.4 is 9.47 Å². The number of rotatable bonds is 2. The molecular weight excluding hydrogens is 288 g/mol. The second-order valence-corrected chi connectivity index (χ2v) is 4.95. The highest BCUT2D eigenvalue weighted by Crippen LogP contribution is 2.63. The van der Waals surface area contributed by atoms with Crippen LogP contribution in [0.4, 0.5) is 0 Å². The lowest BCUT2D eigenvalue weighted by Gasteiger charge is -2.16. The SMILES string of the molecule is O=C(OC1=COC2C(=C1)Oc1c2oc2c1O2)c1ccccc1. The predicted molar refractivity (Wildman–Crippen MR) is 71.3 cm³/mol. The van der Waals surface area contributed by atoms with Gasteiger partial charge in [-0.3, -0.25) is 0 Å². The number of hydrogen-bond acceptors (Lipinski definition) is 6. The van der Waals surface area contributed by atoms with Crippen LogP contribution in [0.25, 0.3) is 0 Å². The van der Waals surface area contributed by atoms with E-state index in [9.17, 15) is 4.79 Å². The molecule has 4 heterocycles. The molecule has 6 nitrogen and oxygen atoms in total. The minimum atomic E-state index is -0.462. The Bertz CT molecular complexity index is 858. The molecule has 5 rings (SSSR count). The molecule has 1 atom stereocenters. The third-order valence-electron chi connectivity index (χ3n) is 3.51. The molecule has 0 spiro atoms. The second-order valence-electron chi connectivity index (χ2n) is 4.95. The van der Waals surface area contributed by atoms with Gasteiger partial charge in [-0.1, -0.05) is 18.2 Å². The van der Waals surface area contributed by atoms with E-state index in [0.717, 1.165) is 0 Å². The van der Waals surface area contributed by atoms with E-state index < -0.39 is 12.1 Å². The maximum absolute atomic E-state index is 12.0. The predicted octanol–water partition coefficient (Wildman–Crippen LogP) is 3.43. The number of allylic oxidation sites excluding steroid dienone is 1. The summed E-state index contributed by atoms with van der Waals surface area (Å²) in [5.74, 6) is 2.51. The lowest BCUT2D eigenvalue weighted by Crippen LogP contribution is -2.11. The number of esters is 1. The Morgan fingerprint density at radius 3 is 2.82 bits per heavy atom. The van der Waals surface area contributed by atoms with Crippen molar-refractivity contribution in [1.82, 2.24) is 0 Å². The van der Waals surface area contributed by atoms with Gasteiger partial charge in [-0.2, -0.15) is 0 Å². The molecule has 1 unspecified atom stereocenters. The van der Waals surface area contributed by atoms with Crippen LogP contribution >= 0.6 is 0 Å². The first kappa shape index (κ1) is 11.5. The zero-order valence-corrected chi connectivity index (χ0v) is 11.1. The lowest BCUT2D eigenvalue weighted by atomic mass is 10.2. The lowest BCUT2D eigenvalue weighted by molar-refractivity contribution is 0.0586. The van der Waals surface area contributed by atoms with Crippen molar-refractivity contribution in [3.05, 3.63) is 65.5 Å². The smallest absolute Gasteiger partial charge is 0.343 e. The van der Waals surface area contributed by atoms with Crippen LogP contribution in [0, 0.1) is 0 Å². The first-order chi connectivity index (χ1) is 10.8. The molecule has 3 aliphatic rings. The monoisotopic (exact) mass is 296 g/mol. The number of fused-ring (bicyclic) bond motifs is 5. The maximum atomic E-state index is 12.0. The molecule has 3 aliphatic heterocycles. The van der Waals surface area contributed by atoms with Crippen LogP contribution in [0.15, 0.2) is 58.6 Å². The van der Waals surface area contributed by atoms with E-state index in [1.807, 2.05) is 6.07 Å². The van der Waals surface area contributed by atoms with Crippen molar-refractivity contribution in [2.75, 3.05) is 0 Å². The molecule has 0 fully saturated rings. The molecule has 0 saturated heterocycles. The fourth-order valence-corrected chi connectivity index (χ4v) is 2.44. The molecule has 22 heavy (non-hydrogen) atoms. The fraction of sp³-hybridized carbons (Fsp3) is 0.0625. The number of hydrogen-bond donors (Lipinski definition) is 0. The van der Waals surface area contributed by atoms with Crippen LogP contribution in [0.5, 0.6) is 17.4 Å². The molecule has 6 heteroatoms. The van der Waals surface area contributed by atoms with Crippen molar-refractivity contribution < 1.29 is 28.2 Å². The summed E-state index contributed by atoms with van der Waals surface area (Å²) in [5, 5.41) is 0. The van der Waals surface area contributed by atoms with Crippen molar-refractivity contribution in [2.45, 2.75) is 6.10 Å². The first-order valence-corrected chi connectivity index (χ1v) is 6.66. The topological polar surface area (TPSA) is 70.4 Å². The average molecular weight is 296 g/mol. The first-order valence-electron chi connectivity index (χ1n) is 6.66. The summed E-state index contributed by atoms with van der Waals surface area (Å²) in [6.07, 6.45) is 2.53. The van der Waals surface area contributed by atoms with Gasteiger partial charge in [0.2, 0.25) is 17.6 Å². The molecule has 0 bridgehead atoms. The van der Waals surface area contributed by atoms with Gasteiger partial charge in [0.05, 0.1) is 5.56 Å². The average Bonchev–Trinajstić information content (AvgIpc) is 3.09. The minimum absolute atomic E-state index is 0.271. The molecule has 0 radical (unpaired) electrons. The Labute approximate surface area is 124 Å². The van der Waals surface area contributed by atoms with E-state index in [1.165, 1.54) is 6.26 Å². The quantitative estimate of drug-likeness (QED) is 0.533. The summed E-state index contributed by atoms with van der Waals surface area (Å²) in [7, 11) is 0. The molecule has 0 amide bonds. The highest BCUT2D eigenvalue weighted by Gasteiger charge is 2.48. The normalized spacial score (nSPS) is 19.4. The van der Waals surface area contributed by atoms with E-state index in [0.29, 0.717) is 34.5 Å². The molecule has 0 N–H and O–H groups in total. The standard InChI is InChI=1S/C16H8O6/c17-15(8-4-2-1-3-5-8)19-9-6-10-11(18-7-9)12-13(20-10)14-16(21-12)22-14/h1-7,11H. The molecule has 0 aliphatic carbocycles. The summed E-state index contributed by atoms with van der Waals surface area (Å²) in [6.45, 7) is 0. The molecule has 0 saturated carbocycles. The molecule has 2 aromatic rings. The molecular formula is C16H8O6. The van der Waals surface area contributed by atoms with Crippen molar-refractivity contribution in [1.29, 1.82) is 0 Å². The highest BCUT2D eigenvalue weighted by molar-refractivity contribution is 5.90. The van der Waals surface area contributed by atoms with Crippen molar-refractivity contribution >= 4 is 5.97 Å². The zero-order valence-electron chi connectivity index (χ0n) is 11.1. The van der Waals surface area contributed by atoms with E-state index in [4.69, 9.17) is 23.4 Å². The molecule has 108 valence electrons. The number of benzene rings is 1.